The lowest BCUT2D eigenvalue weighted by Gasteiger charge is -2.22. The predicted octanol–water partition coefficient (Wildman–Crippen LogP) is 2.62. The smallest absolute Gasteiger partial charge is 0.338 e. The van der Waals surface area contributed by atoms with Gasteiger partial charge >= 0.3 is 5.97 Å². The van der Waals surface area contributed by atoms with Crippen molar-refractivity contribution in [1.29, 1.82) is 0 Å². The van der Waals surface area contributed by atoms with Crippen LogP contribution in [-0.2, 0) is 14.3 Å². The zero-order valence-corrected chi connectivity index (χ0v) is 10.9. The normalized spacial score (nSPS) is 24.3. The van der Waals surface area contributed by atoms with Crippen LogP contribution in [0.5, 0.6) is 0 Å². The Morgan fingerprint density at radius 2 is 2.11 bits per heavy atom. The molecule has 0 aromatic heterocycles. The van der Waals surface area contributed by atoms with Gasteiger partial charge in [-0.25, -0.2) is 4.79 Å². The Morgan fingerprint density at radius 3 is 2.61 bits per heavy atom. The number of aliphatic hydroxyl groups is 1. The van der Waals surface area contributed by atoms with Gasteiger partial charge in [-0.2, -0.15) is 0 Å². The summed E-state index contributed by atoms with van der Waals surface area (Å²) in [5, 5.41) is 9.81. The number of carbonyl (C=O) groups is 2. The summed E-state index contributed by atoms with van der Waals surface area (Å²) < 4.78 is 5.10. The van der Waals surface area contributed by atoms with Crippen LogP contribution in [0.15, 0.2) is 35.6 Å². The van der Waals surface area contributed by atoms with Crippen LogP contribution in [-0.4, -0.2) is 22.5 Å². The fourth-order valence-corrected chi connectivity index (χ4v) is 1.71. The van der Waals surface area contributed by atoms with E-state index in [4.69, 9.17) is 4.74 Å². The highest BCUT2D eigenvalue weighted by atomic mass is 16.6. The first-order valence-electron chi connectivity index (χ1n) is 5.86. The summed E-state index contributed by atoms with van der Waals surface area (Å²) in [6.07, 6.45) is 7.20. The summed E-state index contributed by atoms with van der Waals surface area (Å²) >= 11 is 0. The summed E-state index contributed by atoms with van der Waals surface area (Å²) in [4.78, 5) is 22.8. The second-order valence-corrected chi connectivity index (χ2v) is 4.45. The fraction of sp³-hybridized carbons (Fsp3) is 0.429. The van der Waals surface area contributed by atoms with Crippen LogP contribution in [0.1, 0.15) is 33.6 Å². The van der Waals surface area contributed by atoms with Crippen molar-refractivity contribution in [2.24, 2.45) is 0 Å². The van der Waals surface area contributed by atoms with Gasteiger partial charge in [0.1, 0.15) is 5.76 Å². The van der Waals surface area contributed by atoms with E-state index in [-0.39, 0.29) is 30.0 Å². The van der Waals surface area contributed by atoms with Gasteiger partial charge in [-0.3, -0.25) is 4.79 Å². The Morgan fingerprint density at radius 1 is 1.44 bits per heavy atom. The van der Waals surface area contributed by atoms with E-state index >= 15 is 0 Å². The average Bonchev–Trinajstić information content (AvgIpc) is 2.52. The third-order valence-electron chi connectivity index (χ3n) is 2.91. The molecule has 0 fully saturated rings. The molecule has 18 heavy (non-hydrogen) atoms. The van der Waals surface area contributed by atoms with Crippen LogP contribution in [0, 0.1) is 0 Å². The molecule has 4 heteroatoms. The molecule has 1 atom stereocenters. The molecular formula is C14H18O4. The van der Waals surface area contributed by atoms with Crippen molar-refractivity contribution in [1.82, 2.24) is 0 Å². The molecule has 1 rings (SSSR count). The van der Waals surface area contributed by atoms with Gasteiger partial charge in [-0.05, 0) is 26.8 Å². The molecule has 0 unspecified atom stereocenters. The Kier molecular flexibility index (Phi) is 4.48. The lowest BCUT2D eigenvalue weighted by Crippen LogP contribution is -2.28. The summed E-state index contributed by atoms with van der Waals surface area (Å²) in [6, 6.07) is 0. The van der Waals surface area contributed by atoms with Crippen LogP contribution >= 0.6 is 0 Å². The van der Waals surface area contributed by atoms with E-state index in [1.807, 2.05) is 13.0 Å². The largest absolute Gasteiger partial charge is 0.507 e. The van der Waals surface area contributed by atoms with Gasteiger partial charge in [0, 0.05) is 12.8 Å². The maximum atomic E-state index is 11.5. The first kappa shape index (κ1) is 14.2. The zero-order valence-electron chi connectivity index (χ0n) is 10.9. The van der Waals surface area contributed by atoms with Crippen LogP contribution < -0.4 is 0 Å². The third kappa shape index (κ3) is 3.09. The van der Waals surface area contributed by atoms with Crippen LogP contribution in [0.4, 0.5) is 0 Å². The molecular weight excluding hydrogens is 232 g/mol. The van der Waals surface area contributed by atoms with Crippen molar-refractivity contribution in [2.45, 2.75) is 39.2 Å². The van der Waals surface area contributed by atoms with Gasteiger partial charge in [0.25, 0.3) is 0 Å². The molecule has 1 aliphatic heterocycles. The maximum absolute atomic E-state index is 11.5. The predicted molar refractivity (Wildman–Crippen MR) is 68.0 cm³/mol. The van der Waals surface area contributed by atoms with E-state index in [2.05, 4.69) is 0 Å². The second-order valence-electron chi connectivity index (χ2n) is 4.45. The molecule has 1 N–H and O–H groups in total. The SMILES string of the molecule is C/C=C\C=C\C(=O)CC[C@@]1(C)OC(=O)C(C)=C1O. The molecule has 4 nitrogen and oxygen atoms in total. The molecule has 0 saturated carbocycles. The van der Waals surface area contributed by atoms with Crippen LogP contribution in [0.3, 0.4) is 0 Å². The van der Waals surface area contributed by atoms with Gasteiger partial charge in [0.2, 0.25) is 0 Å². The number of rotatable bonds is 5. The molecule has 0 amide bonds. The summed E-state index contributed by atoms with van der Waals surface area (Å²) in [5.41, 5.74) is -0.847. The van der Waals surface area contributed by atoms with E-state index in [0.717, 1.165) is 0 Å². The highest BCUT2D eigenvalue weighted by molar-refractivity contribution is 5.92. The molecule has 98 valence electrons. The molecule has 0 aromatic carbocycles. The Bertz CT molecular complexity index is 443. The quantitative estimate of drug-likeness (QED) is 0.463. The van der Waals surface area contributed by atoms with Gasteiger partial charge in [0.05, 0.1) is 5.57 Å². The lowest BCUT2D eigenvalue weighted by molar-refractivity contribution is -0.148. The van der Waals surface area contributed by atoms with Crippen molar-refractivity contribution < 1.29 is 19.4 Å². The van der Waals surface area contributed by atoms with Crippen molar-refractivity contribution in [3.63, 3.8) is 0 Å². The van der Waals surface area contributed by atoms with E-state index < -0.39 is 11.6 Å². The maximum Gasteiger partial charge on any atom is 0.338 e. The Balaban J connectivity index is 2.59. The van der Waals surface area contributed by atoms with Crippen molar-refractivity contribution >= 4 is 11.8 Å². The van der Waals surface area contributed by atoms with E-state index in [0.29, 0.717) is 0 Å². The topological polar surface area (TPSA) is 63.6 Å². The standard InChI is InChI=1S/C14H18O4/c1-4-5-6-7-11(15)8-9-14(3)12(16)10(2)13(17)18-14/h4-7,16H,8-9H2,1-3H3/b5-4-,7-6+/t14-/m1/s1. The zero-order chi connectivity index (χ0) is 13.8. The third-order valence-corrected chi connectivity index (χ3v) is 2.91. The second kappa shape index (κ2) is 5.67. The minimum absolute atomic E-state index is 0.0669. The van der Waals surface area contributed by atoms with Crippen LogP contribution in [0.2, 0.25) is 0 Å². The number of aliphatic hydroxyl groups excluding tert-OH is 1. The summed E-state index contributed by atoms with van der Waals surface area (Å²) in [6.45, 7) is 4.98. The lowest BCUT2D eigenvalue weighted by atomic mass is 9.95. The highest BCUT2D eigenvalue weighted by Gasteiger charge is 2.42. The van der Waals surface area contributed by atoms with Crippen molar-refractivity contribution in [3.05, 3.63) is 35.6 Å². The molecule has 0 bridgehead atoms. The number of ketones is 1. The number of hydrogen-bond acceptors (Lipinski definition) is 4. The number of ether oxygens (including phenoxy) is 1. The Labute approximate surface area is 107 Å². The van der Waals surface area contributed by atoms with E-state index in [1.54, 1.807) is 19.1 Å². The molecule has 0 aromatic rings. The monoisotopic (exact) mass is 250 g/mol. The minimum atomic E-state index is -1.06. The fourth-order valence-electron chi connectivity index (χ4n) is 1.71. The number of hydrogen-bond donors (Lipinski definition) is 1. The number of esters is 1. The van der Waals surface area contributed by atoms with Gasteiger partial charge in [-0.1, -0.05) is 18.2 Å². The van der Waals surface area contributed by atoms with Crippen molar-refractivity contribution in [3.8, 4) is 0 Å². The molecule has 0 saturated heterocycles. The number of cyclic esters (lactones) is 1. The highest BCUT2D eigenvalue weighted by Crippen LogP contribution is 2.34. The van der Waals surface area contributed by atoms with Gasteiger partial charge < -0.3 is 9.84 Å². The van der Waals surface area contributed by atoms with E-state index in [1.165, 1.54) is 13.0 Å². The van der Waals surface area contributed by atoms with Gasteiger partial charge in [-0.15, -0.1) is 0 Å². The number of carbonyl (C=O) groups excluding carboxylic acids is 2. The summed E-state index contributed by atoms with van der Waals surface area (Å²) in [5.74, 6) is -0.660. The molecule has 0 radical (unpaired) electrons. The Hall–Kier alpha value is -1.84. The first-order valence-corrected chi connectivity index (χ1v) is 5.86. The van der Waals surface area contributed by atoms with Crippen molar-refractivity contribution in [2.75, 3.05) is 0 Å². The van der Waals surface area contributed by atoms with E-state index in [9.17, 15) is 14.7 Å². The van der Waals surface area contributed by atoms with Gasteiger partial charge in [0.15, 0.2) is 11.4 Å². The molecule has 0 spiro atoms. The first-order chi connectivity index (χ1) is 8.40. The molecule has 1 aliphatic rings. The molecule has 0 aliphatic carbocycles. The average molecular weight is 250 g/mol. The van der Waals surface area contributed by atoms with Crippen LogP contribution in [0.25, 0.3) is 0 Å². The minimum Gasteiger partial charge on any atom is -0.507 e. The number of allylic oxidation sites excluding steroid dienone is 4. The summed E-state index contributed by atoms with van der Waals surface area (Å²) in [7, 11) is 0. The molecule has 1 heterocycles.